The Morgan fingerprint density at radius 2 is 2.00 bits per heavy atom. The van der Waals surface area contributed by atoms with Gasteiger partial charge in [-0.1, -0.05) is 0 Å². The summed E-state index contributed by atoms with van der Waals surface area (Å²) in [7, 11) is 0. The topological polar surface area (TPSA) is 46.0 Å². The number of rotatable bonds is 0. The number of aromatic nitrogens is 1. The fourth-order valence-corrected chi connectivity index (χ4v) is 1.12. The smallest absolute Gasteiger partial charge is 0.408 e. The Bertz CT molecular complexity index is 523. The number of fused-ring (bicyclic) bond motifs is 1. The van der Waals surface area contributed by atoms with Gasteiger partial charge in [-0.15, -0.1) is 0 Å². The molecule has 0 saturated carbocycles. The van der Waals surface area contributed by atoms with E-state index in [1.54, 1.807) is 0 Å². The van der Waals surface area contributed by atoms with Gasteiger partial charge in [-0.2, -0.15) is 13.2 Å². The molecule has 1 aromatic carbocycles. The van der Waals surface area contributed by atoms with Gasteiger partial charge >= 0.3 is 11.9 Å². The molecule has 0 bridgehead atoms. The molecular weight excluding hydrogens is 199 g/mol. The number of halogens is 3. The van der Waals surface area contributed by atoms with Crippen molar-refractivity contribution in [2.75, 3.05) is 0 Å². The van der Waals surface area contributed by atoms with Crippen LogP contribution < -0.4 is 5.76 Å². The lowest BCUT2D eigenvalue weighted by atomic mass is 10.2. The second-order valence-electron chi connectivity index (χ2n) is 2.72. The van der Waals surface area contributed by atoms with Crippen LogP contribution in [0.1, 0.15) is 5.56 Å². The first-order chi connectivity index (χ1) is 6.47. The molecule has 74 valence electrons. The third-order valence-corrected chi connectivity index (χ3v) is 1.75. The number of oxazole rings is 1. The lowest BCUT2D eigenvalue weighted by Crippen LogP contribution is -2.03. The van der Waals surface area contributed by atoms with Gasteiger partial charge in [0.15, 0.2) is 5.58 Å². The minimum atomic E-state index is -4.43. The van der Waals surface area contributed by atoms with E-state index in [0.29, 0.717) is 0 Å². The van der Waals surface area contributed by atoms with Crippen LogP contribution in [0.3, 0.4) is 0 Å². The van der Waals surface area contributed by atoms with Crippen LogP contribution in [0.15, 0.2) is 27.4 Å². The van der Waals surface area contributed by atoms with Crippen LogP contribution in [0.5, 0.6) is 0 Å². The van der Waals surface area contributed by atoms with E-state index < -0.39 is 17.5 Å². The largest absolute Gasteiger partial charge is 0.417 e. The van der Waals surface area contributed by atoms with E-state index in [-0.39, 0.29) is 11.1 Å². The Balaban J connectivity index is 2.67. The molecule has 0 spiro atoms. The van der Waals surface area contributed by atoms with Crippen molar-refractivity contribution in [1.29, 1.82) is 0 Å². The van der Waals surface area contributed by atoms with Crippen LogP contribution in [-0.2, 0) is 6.18 Å². The predicted molar refractivity (Wildman–Crippen MR) is 41.8 cm³/mol. The molecule has 0 atom stereocenters. The van der Waals surface area contributed by atoms with Crippen molar-refractivity contribution in [2.24, 2.45) is 0 Å². The molecule has 0 amide bonds. The van der Waals surface area contributed by atoms with Crippen molar-refractivity contribution >= 4 is 11.1 Å². The molecule has 0 fully saturated rings. The standard InChI is InChI=1S/C8H4F3NO2/c9-8(10,11)4-1-2-5-6(3-4)14-7(13)12-5/h1-3H,(H,12,13). The highest BCUT2D eigenvalue weighted by Crippen LogP contribution is 2.30. The number of hydrogen-bond acceptors (Lipinski definition) is 2. The molecule has 0 radical (unpaired) electrons. The van der Waals surface area contributed by atoms with Gasteiger partial charge < -0.3 is 4.42 Å². The van der Waals surface area contributed by atoms with Gasteiger partial charge in [0, 0.05) is 0 Å². The average Bonchev–Trinajstić information content (AvgIpc) is 2.41. The van der Waals surface area contributed by atoms with E-state index in [9.17, 15) is 18.0 Å². The van der Waals surface area contributed by atoms with Crippen LogP contribution in [0.25, 0.3) is 11.1 Å². The zero-order valence-corrected chi connectivity index (χ0v) is 6.68. The Kier molecular flexibility index (Phi) is 1.67. The molecule has 1 aromatic heterocycles. The molecule has 0 unspecified atom stereocenters. The van der Waals surface area contributed by atoms with Crippen molar-refractivity contribution in [3.63, 3.8) is 0 Å². The summed E-state index contributed by atoms with van der Waals surface area (Å²) in [4.78, 5) is 12.9. The molecule has 0 aliphatic rings. The number of hydrogen-bond donors (Lipinski definition) is 1. The van der Waals surface area contributed by atoms with Gasteiger partial charge in [-0.05, 0) is 18.2 Å². The number of nitrogens with one attached hydrogen (secondary N) is 1. The summed E-state index contributed by atoms with van der Waals surface area (Å²) >= 11 is 0. The van der Waals surface area contributed by atoms with Crippen LogP contribution in [0, 0.1) is 0 Å². The average molecular weight is 203 g/mol. The van der Waals surface area contributed by atoms with Crippen molar-refractivity contribution in [1.82, 2.24) is 4.98 Å². The molecule has 2 rings (SSSR count). The minimum Gasteiger partial charge on any atom is -0.408 e. The highest BCUT2D eigenvalue weighted by molar-refractivity contribution is 5.72. The van der Waals surface area contributed by atoms with Crippen molar-refractivity contribution < 1.29 is 17.6 Å². The van der Waals surface area contributed by atoms with Gasteiger partial charge in [0.05, 0.1) is 11.1 Å². The van der Waals surface area contributed by atoms with Gasteiger partial charge in [-0.25, -0.2) is 4.79 Å². The van der Waals surface area contributed by atoms with E-state index >= 15 is 0 Å². The normalized spacial score (nSPS) is 12.2. The summed E-state index contributed by atoms with van der Waals surface area (Å²) in [6, 6.07) is 2.82. The minimum absolute atomic E-state index is 0.0928. The molecule has 6 heteroatoms. The second kappa shape index (κ2) is 2.63. The SMILES string of the molecule is O=c1[nH]c2ccc(C(F)(F)F)cc2o1. The fourth-order valence-electron chi connectivity index (χ4n) is 1.12. The summed E-state index contributed by atoms with van der Waals surface area (Å²) < 4.78 is 41.1. The number of H-pyrrole nitrogens is 1. The highest BCUT2D eigenvalue weighted by Gasteiger charge is 2.30. The summed E-state index contributed by atoms with van der Waals surface area (Å²) in [5, 5.41) is 0. The molecule has 1 N–H and O–H groups in total. The Morgan fingerprint density at radius 3 is 2.64 bits per heavy atom. The molecule has 14 heavy (non-hydrogen) atoms. The summed E-state index contributed by atoms with van der Waals surface area (Å²) in [5.74, 6) is -0.765. The van der Waals surface area contributed by atoms with E-state index in [4.69, 9.17) is 0 Å². The molecule has 0 aliphatic carbocycles. The van der Waals surface area contributed by atoms with E-state index in [1.807, 2.05) is 0 Å². The quantitative estimate of drug-likeness (QED) is 0.712. The maximum absolute atomic E-state index is 12.2. The third kappa shape index (κ3) is 1.39. The summed E-state index contributed by atoms with van der Waals surface area (Å²) in [5.41, 5.74) is -0.680. The number of benzene rings is 1. The first kappa shape index (κ1) is 8.86. The molecular formula is C8H4F3NO2. The van der Waals surface area contributed by atoms with Gasteiger partial charge in [0.1, 0.15) is 0 Å². The second-order valence-corrected chi connectivity index (χ2v) is 2.72. The molecule has 0 aliphatic heterocycles. The fraction of sp³-hybridized carbons (Fsp3) is 0.125. The summed E-state index contributed by atoms with van der Waals surface area (Å²) in [6.07, 6.45) is -4.43. The lowest BCUT2D eigenvalue weighted by Gasteiger charge is -2.04. The van der Waals surface area contributed by atoms with E-state index in [2.05, 4.69) is 9.40 Å². The highest BCUT2D eigenvalue weighted by atomic mass is 19.4. The first-order valence-electron chi connectivity index (χ1n) is 3.67. The molecule has 1 heterocycles. The van der Waals surface area contributed by atoms with Crippen LogP contribution >= 0.6 is 0 Å². The Morgan fingerprint density at radius 1 is 1.29 bits per heavy atom. The van der Waals surface area contributed by atoms with Crippen LogP contribution in [0.2, 0.25) is 0 Å². The van der Waals surface area contributed by atoms with Gasteiger partial charge in [0.25, 0.3) is 0 Å². The van der Waals surface area contributed by atoms with Crippen molar-refractivity contribution in [2.45, 2.75) is 6.18 Å². The zero-order valence-electron chi connectivity index (χ0n) is 6.68. The monoisotopic (exact) mass is 203 g/mol. The number of aromatic amines is 1. The zero-order chi connectivity index (χ0) is 10.3. The Hall–Kier alpha value is -1.72. The van der Waals surface area contributed by atoms with Crippen molar-refractivity contribution in [3.8, 4) is 0 Å². The predicted octanol–water partition coefficient (Wildman–Crippen LogP) is 2.14. The van der Waals surface area contributed by atoms with Crippen LogP contribution in [0.4, 0.5) is 13.2 Å². The van der Waals surface area contributed by atoms with Gasteiger partial charge in [0.2, 0.25) is 0 Å². The molecule has 3 nitrogen and oxygen atoms in total. The first-order valence-corrected chi connectivity index (χ1v) is 3.67. The summed E-state index contributed by atoms with van der Waals surface area (Å²) in [6.45, 7) is 0. The maximum Gasteiger partial charge on any atom is 0.417 e. The van der Waals surface area contributed by atoms with E-state index in [1.165, 1.54) is 0 Å². The lowest BCUT2D eigenvalue weighted by molar-refractivity contribution is -0.137. The number of alkyl halides is 3. The Labute approximate surface area is 75.2 Å². The van der Waals surface area contributed by atoms with Gasteiger partial charge in [-0.3, -0.25) is 4.98 Å². The maximum atomic E-state index is 12.2. The third-order valence-electron chi connectivity index (χ3n) is 1.75. The van der Waals surface area contributed by atoms with E-state index in [0.717, 1.165) is 18.2 Å². The molecule has 0 saturated heterocycles. The van der Waals surface area contributed by atoms with Crippen molar-refractivity contribution in [3.05, 3.63) is 34.3 Å². The molecule has 2 aromatic rings. The van der Waals surface area contributed by atoms with Crippen LogP contribution in [-0.4, -0.2) is 4.98 Å².